The zero-order valence-corrected chi connectivity index (χ0v) is 21.2. The molecule has 1 unspecified atom stereocenters. The van der Waals surface area contributed by atoms with Crippen LogP contribution in [0.15, 0.2) is 22.8 Å². The van der Waals surface area contributed by atoms with Gasteiger partial charge in [0.2, 0.25) is 0 Å². The van der Waals surface area contributed by atoms with Crippen LogP contribution in [0.25, 0.3) is 0 Å². The van der Waals surface area contributed by atoms with Crippen LogP contribution < -0.4 is 0 Å². The molecule has 2 saturated carbocycles. The number of carboxylic acid groups (broad SMARTS) is 1. The van der Waals surface area contributed by atoms with E-state index < -0.39 is 5.97 Å². The highest BCUT2D eigenvalue weighted by atomic mass is 16.4. The van der Waals surface area contributed by atoms with Crippen molar-refractivity contribution in [1.82, 2.24) is 0 Å². The van der Waals surface area contributed by atoms with E-state index in [1.54, 1.807) is 18.1 Å². The van der Waals surface area contributed by atoms with Crippen LogP contribution >= 0.6 is 0 Å². The number of aliphatic carboxylic acids is 1. The van der Waals surface area contributed by atoms with Gasteiger partial charge in [-0.2, -0.15) is 0 Å². The van der Waals surface area contributed by atoms with Crippen molar-refractivity contribution in [2.24, 2.45) is 39.9 Å². The Morgan fingerprint density at radius 3 is 2.50 bits per heavy atom. The first-order valence-corrected chi connectivity index (χ1v) is 13.1. The Labute approximate surface area is 195 Å². The van der Waals surface area contributed by atoms with E-state index in [0.717, 1.165) is 25.7 Å². The zero-order chi connectivity index (χ0) is 23.5. The molecular formula is C29H44O3. The van der Waals surface area contributed by atoms with Crippen molar-refractivity contribution in [3.8, 4) is 0 Å². The van der Waals surface area contributed by atoms with E-state index in [-0.39, 0.29) is 16.7 Å². The summed E-state index contributed by atoms with van der Waals surface area (Å²) in [7, 11) is 0. The van der Waals surface area contributed by atoms with Crippen LogP contribution in [0.2, 0.25) is 0 Å². The first kappa shape index (κ1) is 23.8. The van der Waals surface area contributed by atoms with Gasteiger partial charge < -0.3 is 5.11 Å². The minimum absolute atomic E-state index is 0.225. The maximum absolute atomic E-state index is 12.5. The lowest BCUT2D eigenvalue weighted by Crippen LogP contribution is -2.50. The van der Waals surface area contributed by atoms with Crippen molar-refractivity contribution < 1.29 is 14.7 Å². The Morgan fingerprint density at radius 2 is 1.81 bits per heavy atom. The lowest BCUT2D eigenvalue weighted by Gasteiger charge is -2.59. The van der Waals surface area contributed by atoms with E-state index in [1.165, 1.54) is 38.5 Å². The number of allylic oxidation sites excluding steroid dienone is 3. The third-order valence-corrected chi connectivity index (χ3v) is 11.3. The summed E-state index contributed by atoms with van der Waals surface area (Å²) in [5.41, 5.74) is 4.84. The number of ketones is 1. The van der Waals surface area contributed by atoms with Gasteiger partial charge in [0.05, 0.1) is 0 Å². The fraction of sp³-hybridized carbons (Fsp3) is 0.793. The molecule has 0 saturated heterocycles. The van der Waals surface area contributed by atoms with Gasteiger partial charge in [0.25, 0.3) is 0 Å². The van der Waals surface area contributed by atoms with Gasteiger partial charge >= 0.3 is 5.97 Å². The highest BCUT2D eigenvalue weighted by Gasteiger charge is 2.62. The smallest absolute Gasteiger partial charge is 0.330 e. The molecule has 1 N–H and O–H groups in total. The van der Waals surface area contributed by atoms with Crippen LogP contribution in [0.3, 0.4) is 0 Å². The Hall–Kier alpha value is -1.38. The number of carbonyl (C=O) groups is 2. The summed E-state index contributed by atoms with van der Waals surface area (Å²) in [5, 5.41) is 9.14. The number of hydrogen-bond acceptors (Lipinski definition) is 2. The molecule has 0 radical (unpaired) electrons. The molecule has 4 rings (SSSR count). The largest absolute Gasteiger partial charge is 0.478 e. The second-order valence-corrected chi connectivity index (χ2v) is 12.4. The molecule has 2 fully saturated rings. The van der Waals surface area contributed by atoms with Crippen molar-refractivity contribution in [3.05, 3.63) is 22.8 Å². The lowest BCUT2D eigenvalue weighted by atomic mass is 9.45. The third-order valence-electron chi connectivity index (χ3n) is 11.3. The van der Waals surface area contributed by atoms with Crippen molar-refractivity contribution in [2.75, 3.05) is 0 Å². The maximum atomic E-state index is 12.5. The standard InChI is InChI=1S/C29H44O3/c1-18(8-7-9-19(2)26(31)32)21-12-16-29(6)24-11-10-22-20(3)25(30)14-15-27(22,4)23(24)13-17-28(21,29)5/h9,18,20-22H,7-8,10-17H2,1-6H3,(H,31,32)/b19-9-/t18-,20+,21-,22?,27-,28-,29+/m0/s1. The van der Waals surface area contributed by atoms with Crippen LogP contribution in [0.5, 0.6) is 0 Å². The SMILES string of the molecule is C/C(=C/CC[C@H](C)[C@@H]1CC[C@]2(C)C3=C(CC[C@@]12C)[C@@]1(C)CCC(=O)[C@H](C)C1CC3)C(=O)O. The highest BCUT2D eigenvalue weighted by Crippen LogP contribution is 2.71. The summed E-state index contributed by atoms with van der Waals surface area (Å²) < 4.78 is 0. The number of carboxylic acids is 1. The van der Waals surface area contributed by atoms with Crippen LogP contribution in [0.4, 0.5) is 0 Å². The average molecular weight is 441 g/mol. The van der Waals surface area contributed by atoms with Crippen molar-refractivity contribution in [3.63, 3.8) is 0 Å². The molecule has 0 amide bonds. The number of carbonyl (C=O) groups excluding carboxylic acids is 1. The predicted molar refractivity (Wildman–Crippen MR) is 129 cm³/mol. The zero-order valence-electron chi connectivity index (χ0n) is 21.2. The van der Waals surface area contributed by atoms with Gasteiger partial charge in [-0.15, -0.1) is 0 Å². The average Bonchev–Trinajstić information content (AvgIpc) is 3.02. The lowest BCUT2D eigenvalue weighted by molar-refractivity contribution is -0.132. The van der Waals surface area contributed by atoms with Crippen LogP contribution in [0.1, 0.15) is 106 Å². The van der Waals surface area contributed by atoms with Crippen molar-refractivity contribution >= 4 is 11.8 Å². The number of fused-ring (bicyclic) bond motifs is 4. The van der Waals surface area contributed by atoms with E-state index >= 15 is 0 Å². The van der Waals surface area contributed by atoms with E-state index in [9.17, 15) is 9.59 Å². The summed E-state index contributed by atoms with van der Waals surface area (Å²) in [6.07, 6.45) is 13.1. The fourth-order valence-corrected chi connectivity index (χ4v) is 8.92. The molecule has 7 atom stereocenters. The first-order chi connectivity index (χ1) is 15.0. The third kappa shape index (κ3) is 3.36. The molecular weight excluding hydrogens is 396 g/mol. The number of rotatable bonds is 5. The Balaban J connectivity index is 1.59. The Bertz CT molecular complexity index is 866. The summed E-state index contributed by atoms with van der Waals surface area (Å²) >= 11 is 0. The molecule has 32 heavy (non-hydrogen) atoms. The second kappa shape index (κ2) is 8.13. The van der Waals surface area contributed by atoms with E-state index in [2.05, 4.69) is 34.6 Å². The molecule has 0 aromatic heterocycles. The van der Waals surface area contributed by atoms with Crippen molar-refractivity contribution in [2.45, 2.75) is 106 Å². The van der Waals surface area contributed by atoms with Crippen molar-refractivity contribution in [1.29, 1.82) is 0 Å². The molecule has 3 heteroatoms. The fourth-order valence-electron chi connectivity index (χ4n) is 8.92. The van der Waals surface area contributed by atoms with E-state index in [0.29, 0.717) is 34.5 Å². The molecule has 0 aliphatic heterocycles. The molecule has 4 aliphatic rings. The second-order valence-electron chi connectivity index (χ2n) is 12.4. The topological polar surface area (TPSA) is 54.4 Å². The summed E-state index contributed by atoms with van der Waals surface area (Å²) in [6.45, 7) is 13.9. The van der Waals surface area contributed by atoms with Crippen LogP contribution in [-0.4, -0.2) is 16.9 Å². The van der Waals surface area contributed by atoms with Gasteiger partial charge in [-0.05, 0) is 98.7 Å². The van der Waals surface area contributed by atoms with Gasteiger partial charge in [0, 0.05) is 17.9 Å². The monoisotopic (exact) mass is 440 g/mol. The molecule has 0 aromatic carbocycles. The first-order valence-electron chi connectivity index (χ1n) is 13.1. The summed E-state index contributed by atoms with van der Waals surface area (Å²) in [6, 6.07) is 0. The summed E-state index contributed by atoms with van der Waals surface area (Å²) in [4.78, 5) is 23.6. The maximum Gasteiger partial charge on any atom is 0.330 e. The summed E-state index contributed by atoms with van der Waals surface area (Å²) in [5.74, 6) is 1.77. The molecule has 0 bridgehead atoms. The minimum Gasteiger partial charge on any atom is -0.478 e. The Kier molecular flexibility index (Phi) is 6.04. The number of Topliss-reactive ketones (excluding diaryl/α,β-unsaturated/α-hetero) is 1. The molecule has 178 valence electrons. The van der Waals surface area contributed by atoms with Gasteiger partial charge in [-0.25, -0.2) is 4.79 Å². The van der Waals surface area contributed by atoms with Gasteiger partial charge in [0.1, 0.15) is 5.78 Å². The normalized spacial score (nSPS) is 42.9. The molecule has 4 aliphatic carbocycles. The Morgan fingerprint density at radius 1 is 1.09 bits per heavy atom. The van der Waals surface area contributed by atoms with Crippen LogP contribution in [0, 0.1) is 39.9 Å². The molecule has 0 spiro atoms. The molecule has 3 nitrogen and oxygen atoms in total. The quantitative estimate of drug-likeness (QED) is 0.359. The molecule has 0 aromatic rings. The number of hydrogen-bond donors (Lipinski definition) is 1. The van der Waals surface area contributed by atoms with E-state index in [1.807, 2.05) is 6.08 Å². The predicted octanol–water partition coefficient (Wildman–Crippen LogP) is 7.36. The minimum atomic E-state index is -0.798. The van der Waals surface area contributed by atoms with Gasteiger partial charge in [-0.3, -0.25) is 4.79 Å². The van der Waals surface area contributed by atoms with Crippen LogP contribution in [-0.2, 0) is 9.59 Å². The molecule has 0 heterocycles. The van der Waals surface area contributed by atoms with E-state index in [4.69, 9.17) is 5.11 Å². The van der Waals surface area contributed by atoms with Gasteiger partial charge in [0.15, 0.2) is 0 Å². The van der Waals surface area contributed by atoms with Gasteiger partial charge in [-0.1, -0.05) is 51.8 Å². The highest BCUT2D eigenvalue weighted by molar-refractivity contribution is 5.85.